The number of thiocarbonyl (C=S) groups is 1. The number of H-pyrrole nitrogens is 1. The Hall–Kier alpha value is -3.26. The van der Waals surface area contributed by atoms with Gasteiger partial charge in [-0.25, -0.2) is 0 Å². The van der Waals surface area contributed by atoms with E-state index in [0.29, 0.717) is 10.9 Å². The summed E-state index contributed by atoms with van der Waals surface area (Å²) < 4.78 is 0.919. The number of nitrogens with one attached hydrogen (secondary N) is 2. The summed E-state index contributed by atoms with van der Waals surface area (Å²) in [5.74, 6) is 0.0604. The summed E-state index contributed by atoms with van der Waals surface area (Å²) in [6, 6.07) is 13.1. The maximum atomic E-state index is 12.4. The molecular weight excluding hydrogens is 328 g/mol. The van der Waals surface area contributed by atoms with Crippen LogP contribution in [0.3, 0.4) is 0 Å². The highest BCUT2D eigenvalue weighted by Gasteiger charge is 2.09. The number of para-hydroxylation sites is 1. The first-order valence-corrected chi connectivity index (χ1v) is 7.34. The number of hydrazone groups is 1. The standard InChI is InChI=1S/C16H12N4O3S/c21-13-8-4-1-5-10(13)9-17-18-16(24)20-15(23)12-7-3-2-6-11(12)14(22)19-20/h1-9,21H,(H,18,24)(H,19,22)/b17-9+. The Morgan fingerprint density at radius 1 is 1.12 bits per heavy atom. The van der Waals surface area contributed by atoms with E-state index in [1.54, 1.807) is 42.5 Å². The first-order chi connectivity index (χ1) is 11.6. The zero-order chi connectivity index (χ0) is 17.1. The second-order valence-electron chi connectivity index (χ2n) is 4.86. The normalized spacial score (nSPS) is 11.0. The van der Waals surface area contributed by atoms with Gasteiger partial charge in [-0.15, -0.1) is 0 Å². The molecular formula is C16H12N4O3S. The van der Waals surface area contributed by atoms with E-state index in [2.05, 4.69) is 15.6 Å². The summed E-state index contributed by atoms with van der Waals surface area (Å²) in [7, 11) is 0. The monoisotopic (exact) mass is 340 g/mol. The molecule has 8 heteroatoms. The van der Waals surface area contributed by atoms with E-state index in [4.69, 9.17) is 12.2 Å². The zero-order valence-electron chi connectivity index (χ0n) is 12.3. The van der Waals surface area contributed by atoms with Crippen molar-refractivity contribution in [3.05, 3.63) is 74.8 Å². The largest absolute Gasteiger partial charge is 0.507 e. The number of hydrogen-bond acceptors (Lipinski definition) is 5. The average Bonchev–Trinajstić information content (AvgIpc) is 2.59. The van der Waals surface area contributed by atoms with E-state index in [0.717, 1.165) is 4.68 Å². The SMILES string of the molecule is O=c1[nH]n(C(=S)N/N=C/c2ccccc2O)c(=O)c2ccccc12. The Morgan fingerprint density at radius 2 is 1.79 bits per heavy atom. The Kier molecular flexibility index (Phi) is 4.21. The van der Waals surface area contributed by atoms with Crippen molar-refractivity contribution in [2.45, 2.75) is 0 Å². The molecule has 3 aromatic rings. The van der Waals surface area contributed by atoms with Gasteiger partial charge in [0.25, 0.3) is 11.1 Å². The molecule has 0 bridgehead atoms. The fourth-order valence-electron chi connectivity index (χ4n) is 2.15. The fourth-order valence-corrected chi connectivity index (χ4v) is 2.33. The summed E-state index contributed by atoms with van der Waals surface area (Å²) >= 11 is 5.08. The third-order valence-corrected chi connectivity index (χ3v) is 3.60. The molecule has 0 amide bonds. The van der Waals surface area contributed by atoms with Crippen LogP contribution in [-0.4, -0.2) is 26.2 Å². The number of phenolic OH excluding ortho intramolecular Hbond substituents is 1. The van der Waals surface area contributed by atoms with Crippen LogP contribution in [-0.2, 0) is 0 Å². The number of fused-ring (bicyclic) bond motifs is 1. The van der Waals surface area contributed by atoms with Crippen LogP contribution in [0, 0.1) is 0 Å². The van der Waals surface area contributed by atoms with Crippen molar-refractivity contribution in [1.29, 1.82) is 0 Å². The molecule has 7 nitrogen and oxygen atoms in total. The van der Waals surface area contributed by atoms with Crippen LogP contribution < -0.4 is 16.5 Å². The molecule has 2 aromatic carbocycles. The van der Waals surface area contributed by atoms with Crippen LogP contribution in [0.1, 0.15) is 5.56 Å². The van der Waals surface area contributed by atoms with Gasteiger partial charge in [-0.3, -0.25) is 20.1 Å². The lowest BCUT2D eigenvalue weighted by atomic mass is 10.2. The minimum atomic E-state index is -0.458. The van der Waals surface area contributed by atoms with Crippen LogP contribution in [0.2, 0.25) is 0 Å². The third kappa shape index (κ3) is 2.95. The first-order valence-electron chi connectivity index (χ1n) is 6.93. The van der Waals surface area contributed by atoms with E-state index in [9.17, 15) is 14.7 Å². The van der Waals surface area contributed by atoms with Gasteiger partial charge < -0.3 is 5.11 Å². The maximum Gasteiger partial charge on any atom is 0.279 e. The van der Waals surface area contributed by atoms with Crippen LogP contribution in [0.4, 0.5) is 0 Å². The van der Waals surface area contributed by atoms with Crippen LogP contribution in [0.25, 0.3) is 10.8 Å². The Labute approximate surface area is 140 Å². The zero-order valence-corrected chi connectivity index (χ0v) is 13.1. The van der Waals surface area contributed by atoms with Crippen LogP contribution in [0.15, 0.2) is 63.2 Å². The van der Waals surface area contributed by atoms with Crippen molar-refractivity contribution >= 4 is 34.3 Å². The number of benzene rings is 2. The lowest BCUT2D eigenvalue weighted by Gasteiger charge is -2.07. The Morgan fingerprint density at radius 3 is 2.54 bits per heavy atom. The molecule has 1 aromatic heterocycles. The van der Waals surface area contributed by atoms with Gasteiger partial charge in [0.15, 0.2) is 0 Å². The highest BCUT2D eigenvalue weighted by Crippen LogP contribution is 2.12. The molecule has 0 spiro atoms. The molecule has 3 rings (SSSR count). The van der Waals surface area contributed by atoms with E-state index in [1.807, 2.05) is 0 Å². The van der Waals surface area contributed by atoms with E-state index >= 15 is 0 Å². The minimum Gasteiger partial charge on any atom is -0.507 e. The van der Waals surface area contributed by atoms with Gasteiger partial charge in [0, 0.05) is 5.56 Å². The molecule has 0 aliphatic rings. The Balaban J connectivity index is 1.90. The predicted octanol–water partition coefficient (Wildman–Crippen LogP) is 1.15. The average molecular weight is 340 g/mol. The van der Waals surface area contributed by atoms with Gasteiger partial charge in [-0.05, 0) is 36.5 Å². The summed E-state index contributed by atoms with van der Waals surface area (Å²) in [5, 5.41) is 16.4. The number of phenols is 1. The number of nitrogens with zero attached hydrogens (tertiary/aromatic N) is 2. The van der Waals surface area contributed by atoms with Gasteiger partial charge in [0.1, 0.15) is 5.75 Å². The lowest BCUT2D eigenvalue weighted by molar-refractivity contribution is 0.474. The summed E-state index contributed by atoms with van der Waals surface area (Å²) in [4.78, 5) is 24.4. The van der Waals surface area contributed by atoms with E-state index in [1.165, 1.54) is 12.3 Å². The van der Waals surface area contributed by atoms with Crippen molar-refractivity contribution in [1.82, 2.24) is 15.2 Å². The molecule has 0 unspecified atom stereocenters. The number of aromatic nitrogens is 2. The van der Waals surface area contributed by atoms with Crippen molar-refractivity contribution in [2.75, 3.05) is 0 Å². The molecule has 0 atom stereocenters. The topological polar surface area (TPSA) is 99.5 Å². The predicted molar refractivity (Wildman–Crippen MR) is 95.7 cm³/mol. The Bertz CT molecular complexity index is 1070. The molecule has 0 fully saturated rings. The fraction of sp³-hybridized carbons (Fsp3) is 0. The molecule has 0 radical (unpaired) electrons. The molecule has 3 N–H and O–H groups in total. The molecule has 0 saturated carbocycles. The van der Waals surface area contributed by atoms with E-state index in [-0.39, 0.29) is 16.2 Å². The maximum absolute atomic E-state index is 12.4. The highest BCUT2D eigenvalue weighted by atomic mass is 32.1. The highest BCUT2D eigenvalue weighted by molar-refractivity contribution is 7.80. The van der Waals surface area contributed by atoms with Gasteiger partial charge in [-0.1, -0.05) is 24.3 Å². The number of hydrogen-bond donors (Lipinski definition) is 3. The number of aromatic hydroxyl groups is 1. The first kappa shape index (κ1) is 15.6. The molecule has 0 aliphatic carbocycles. The minimum absolute atomic E-state index is 0.0604. The van der Waals surface area contributed by atoms with Crippen molar-refractivity contribution in [2.24, 2.45) is 5.10 Å². The van der Waals surface area contributed by atoms with Gasteiger partial charge in [0.05, 0.1) is 17.0 Å². The second kappa shape index (κ2) is 6.47. The molecule has 24 heavy (non-hydrogen) atoms. The molecule has 0 aliphatic heterocycles. The summed E-state index contributed by atoms with van der Waals surface area (Å²) in [5.41, 5.74) is 2.08. The van der Waals surface area contributed by atoms with Gasteiger partial charge in [-0.2, -0.15) is 9.78 Å². The van der Waals surface area contributed by atoms with Gasteiger partial charge in [0.2, 0.25) is 5.11 Å². The third-order valence-electron chi connectivity index (χ3n) is 3.32. The smallest absolute Gasteiger partial charge is 0.279 e. The molecule has 0 saturated heterocycles. The molecule has 120 valence electrons. The quantitative estimate of drug-likeness (QED) is 0.369. The molecule has 1 heterocycles. The van der Waals surface area contributed by atoms with Crippen molar-refractivity contribution in [3.8, 4) is 5.75 Å². The van der Waals surface area contributed by atoms with Crippen LogP contribution >= 0.6 is 12.2 Å². The van der Waals surface area contributed by atoms with Crippen LogP contribution in [0.5, 0.6) is 5.75 Å². The van der Waals surface area contributed by atoms with E-state index < -0.39 is 11.1 Å². The summed E-state index contributed by atoms with van der Waals surface area (Å²) in [6.07, 6.45) is 1.35. The number of aromatic amines is 1. The second-order valence-corrected chi connectivity index (χ2v) is 5.25. The summed E-state index contributed by atoms with van der Waals surface area (Å²) in [6.45, 7) is 0. The van der Waals surface area contributed by atoms with Crippen molar-refractivity contribution < 1.29 is 5.11 Å². The van der Waals surface area contributed by atoms with Gasteiger partial charge >= 0.3 is 0 Å². The van der Waals surface area contributed by atoms with Crippen molar-refractivity contribution in [3.63, 3.8) is 0 Å². The lowest BCUT2D eigenvalue weighted by Crippen LogP contribution is -2.39. The number of rotatable bonds is 2.